The molecule has 22 heavy (non-hydrogen) atoms. The molecule has 0 N–H and O–H groups in total. The van der Waals surface area contributed by atoms with Gasteiger partial charge in [0.15, 0.2) is 0 Å². The molecule has 5 rings (SSSR count). The van der Waals surface area contributed by atoms with Crippen LogP contribution in [0, 0.1) is 6.07 Å². The highest BCUT2D eigenvalue weighted by Crippen LogP contribution is 2.36. The van der Waals surface area contributed by atoms with Crippen LogP contribution in [0.4, 0.5) is 0 Å². The fourth-order valence-corrected chi connectivity index (χ4v) is 3.46. The summed E-state index contributed by atoms with van der Waals surface area (Å²) in [5.74, 6) is 0. The van der Waals surface area contributed by atoms with Gasteiger partial charge in [-0.25, -0.2) is 0 Å². The van der Waals surface area contributed by atoms with E-state index in [1.165, 1.54) is 43.4 Å². The Morgan fingerprint density at radius 1 is 0.545 bits per heavy atom. The van der Waals surface area contributed by atoms with Crippen LogP contribution in [0.25, 0.3) is 43.4 Å². The van der Waals surface area contributed by atoms with Crippen molar-refractivity contribution >= 4 is 32.3 Å². The van der Waals surface area contributed by atoms with Crippen LogP contribution in [0.2, 0.25) is 0 Å². The maximum Gasteiger partial charge on any atom is -0.00201 e. The van der Waals surface area contributed by atoms with Crippen LogP contribution in [0.5, 0.6) is 0 Å². The summed E-state index contributed by atoms with van der Waals surface area (Å²) in [5.41, 5.74) is 2.50. The first kappa shape index (κ1) is 11.8. The molecule has 0 bridgehead atoms. The summed E-state index contributed by atoms with van der Waals surface area (Å²) in [6.07, 6.45) is 0. The number of hydrogen-bond acceptors (Lipinski definition) is 0. The predicted octanol–water partition coefficient (Wildman–Crippen LogP) is 6.05. The molecular formula is C22H13. The first-order valence-electron chi connectivity index (χ1n) is 7.55. The second-order valence-electron chi connectivity index (χ2n) is 5.79. The van der Waals surface area contributed by atoms with Gasteiger partial charge in [-0.15, -0.1) is 0 Å². The highest BCUT2D eigenvalue weighted by Gasteiger charge is 2.09. The molecule has 0 saturated heterocycles. The molecule has 0 unspecified atom stereocenters. The number of rotatable bonds is 1. The maximum absolute atomic E-state index is 3.47. The topological polar surface area (TPSA) is 0 Å². The van der Waals surface area contributed by atoms with Crippen LogP contribution in [0.3, 0.4) is 0 Å². The monoisotopic (exact) mass is 277 g/mol. The summed E-state index contributed by atoms with van der Waals surface area (Å²) in [7, 11) is 0. The van der Waals surface area contributed by atoms with Gasteiger partial charge in [-0.3, -0.25) is 0 Å². The number of hydrogen-bond donors (Lipinski definition) is 0. The van der Waals surface area contributed by atoms with Gasteiger partial charge in [0.2, 0.25) is 0 Å². The number of benzene rings is 5. The second-order valence-corrected chi connectivity index (χ2v) is 5.79. The summed E-state index contributed by atoms with van der Waals surface area (Å²) in [6.45, 7) is 0. The van der Waals surface area contributed by atoms with Crippen LogP contribution in [-0.2, 0) is 0 Å². The summed E-state index contributed by atoms with van der Waals surface area (Å²) in [5, 5.41) is 7.74. The average molecular weight is 277 g/mol. The molecule has 0 spiro atoms. The third-order valence-electron chi connectivity index (χ3n) is 4.48. The quantitative estimate of drug-likeness (QED) is 0.327. The SMILES string of the molecule is [c]1cc2cccc3ccc4cc(-c5ccccc5)cc1c4c23. The Balaban J connectivity index is 1.95. The zero-order valence-corrected chi connectivity index (χ0v) is 12.0. The Bertz CT molecular complexity index is 1040. The van der Waals surface area contributed by atoms with Gasteiger partial charge in [-0.05, 0) is 67.7 Å². The molecule has 0 aliphatic heterocycles. The fourth-order valence-electron chi connectivity index (χ4n) is 3.46. The van der Waals surface area contributed by atoms with Crippen molar-refractivity contribution in [3.63, 3.8) is 0 Å². The molecule has 0 aliphatic rings. The third kappa shape index (κ3) is 1.58. The highest BCUT2D eigenvalue weighted by atomic mass is 14.1. The van der Waals surface area contributed by atoms with E-state index in [0.29, 0.717) is 0 Å². The second kappa shape index (κ2) is 4.32. The van der Waals surface area contributed by atoms with Crippen LogP contribution in [0.1, 0.15) is 0 Å². The lowest BCUT2D eigenvalue weighted by atomic mass is 9.91. The van der Waals surface area contributed by atoms with Gasteiger partial charge >= 0.3 is 0 Å². The fraction of sp³-hybridized carbons (Fsp3) is 0. The Morgan fingerprint density at radius 2 is 1.36 bits per heavy atom. The van der Waals surface area contributed by atoms with Crippen molar-refractivity contribution in [1.82, 2.24) is 0 Å². The molecule has 0 fully saturated rings. The summed E-state index contributed by atoms with van der Waals surface area (Å²) in [6, 6.07) is 31.6. The van der Waals surface area contributed by atoms with Gasteiger partial charge in [0.25, 0.3) is 0 Å². The average Bonchev–Trinajstić information content (AvgIpc) is 2.60. The van der Waals surface area contributed by atoms with E-state index in [9.17, 15) is 0 Å². The molecule has 0 nitrogen and oxygen atoms in total. The Kier molecular flexibility index (Phi) is 2.31. The highest BCUT2D eigenvalue weighted by molar-refractivity contribution is 6.23. The van der Waals surface area contributed by atoms with E-state index in [-0.39, 0.29) is 0 Å². The summed E-state index contributed by atoms with van der Waals surface area (Å²) in [4.78, 5) is 0. The molecule has 0 aliphatic carbocycles. The molecule has 0 saturated carbocycles. The van der Waals surface area contributed by atoms with Crippen molar-refractivity contribution in [2.45, 2.75) is 0 Å². The van der Waals surface area contributed by atoms with Crippen LogP contribution in [-0.4, -0.2) is 0 Å². The first-order valence-corrected chi connectivity index (χ1v) is 7.55. The van der Waals surface area contributed by atoms with E-state index in [1.807, 2.05) is 0 Å². The molecule has 5 aromatic carbocycles. The molecule has 101 valence electrons. The van der Waals surface area contributed by atoms with Crippen LogP contribution >= 0.6 is 0 Å². The molecule has 1 radical (unpaired) electrons. The molecule has 5 aromatic rings. The van der Waals surface area contributed by atoms with Crippen molar-refractivity contribution in [3.8, 4) is 11.1 Å². The minimum Gasteiger partial charge on any atom is -0.0622 e. The van der Waals surface area contributed by atoms with E-state index < -0.39 is 0 Å². The summed E-state index contributed by atoms with van der Waals surface area (Å²) < 4.78 is 0. The van der Waals surface area contributed by atoms with E-state index in [4.69, 9.17) is 0 Å². The van der Waals surface area contributed by atoms with Crippen molar-refractivity contribution < 1.29 is 0 Å². The van der Waals surface area contributed by atoms with Crippen molar-refractivity contribution in [1.29, 1.82) is 0 Å². The minimum absolute atomic E-state index is 1.20. The minimum atomic E-state index is 1.20. The smallest absolute Gasteiger partial charge is 0.00201 e. The van der Waals surface area contributed by atoms with Crippen molar-refractivity contribution in [2.24, 2.45) is 0 Å². The van der Waals surface area contributed by atoms with Gasteiger partial charge in [0.1, 0.15) is 0 Å². The predicted molar refractivity (Wildman–Crippen MR) is 94.4 cm³/mol. The molecular weight excluding hydrogens is 264 g/mol. The standard InChI is InChI=1S/C22H13/c1-2-5-15(6-3-1)20-13-18-11-9-16-7-4-8-17-10-12-19(14-20)22(18)21(16)17/h1-11,13-14H. The van der Waals surface area contributed by atoms with E-state index in [2.05, 4.69) is 84.9 Å². The van der Waals surface area contributed by atoms with Gasteiger partial charge in [0, 0.05) is 0 Å². The first-order chi connectivity index (χ1) is 10.9. The van der Waals surface area contributed by atoms with E-state index >= 15 is 0 Å². The van der Waals surface area contributed by atoms with Gasteiger partial charge in [-0.2, -0.15) is 0 Å². The normalized spacial score (nSPS) is 11.6. The largest absolute Gasteiger partial charge is 0.0622 e. The van der Waals surface area contributed by atoms with Crippen molar-refractivity contribution in [2.75, 3.05) is 0 Å². The van der Waals surface area contributed by atoms with Gasteiger partial charge in [0.05, 0.1) is 0 Å². The molecule has 0 aromatic heterocycles. The zero-order valence-electron chi connectivity index (χ0n) is 12.0. The van der Waals surface area contributed by atoms with Crippen molar-refractivity contribution in [3.05, 3.63) is 84.9 Å². The molecule has 0 heterocycles. The Hall–Kier alpha value is -2.86. The van der Waals surface area contributed by atoms with E-state index in [0.717, 1.165) is 0 Å². The Morgan fingerprint density at radius 3 is 2.27 bits per heavy atom. The van der Waals surface area contributed by atoms with E-state index in [1.54, 1.807) is 0 Å². The molecule has 0 heteroatoms. The lowest BCUT2D eigenvalue weighted by molar-refractivity contribution is 1.66. The zero-order chi connectivity index (χ0) is 14.5. The molecule has 0 amide bonds. The maximum atomic E-state index is 3.47. The van der Waals surface area contributed by atoms with Crippen LogP contribution in [0.15, 0.2) is 78.9 Å². The third-order valence-corrected chi connectivity index (χ3v) is 4.48. The van der Waals surface area contributed by atoms with Gasteiger partial charge < -0.3 is 0 Å². The molecule has 0 atom stereocenters. The van der Waals surface area contributed by atoms with Crippen LogP contribution < -0.4 is 0 Å². The lowest BCUT2D eigenvalue weighted by Gasteiger charge is -2.12. The summed E-state index contributed by atoms with van der Waals surface area (Å²) >= 11 is 0. The van der Waals surface area contributed by atoms with Gasteiger partial charge in [-0.1, -0.05) is 60.7 Å². The lowest BCUT2D eigenvalue weighted by Crippen LogP contribution is -1.85. The Labute approximate surface area is 129 Å².